The number of halogens is 1. The molecule has 0 aliphatic rings. The Morgan fingerprint density at radius 1 is 1.17 bits per heavy atom. The smallest absolute Gasteiger partial charge is 0.0406 e. The predicted molar refractivity (Wildman–Crippen MR) is 79.3 cm³/mol. The quantitative estimate of drug-likeness (QED) is 0.781. The molecule has 3 heteroatoms. The second-order valence-corrected chi connectivity index (χ2v) is 5.36. The third kappa shape index (κ3) is 3.36. The lowest BCUT2D eigenvalue weighted by atomic mass is 9.86. The molecule has 0 heterocycles. The summed E-state index contributed by atoms with van der Waals surface area (Å²) in [6.45, 7) is 7.96. The molecule has 2 nitrogen and oxygen atoms in total. The highest BCUT2D eigenvalue weighted by Crippen LogP contribution is 2.28. The molecule has 1 aromatic rings. The highest BCUT2D eigenvalue weighted by atomic mass is 35.5. The van der Waals surface area contributed by atoms with Crippen molar-refractivity contribution in [2.45, 2.75) is 33.6 Å². The van der Waals surface area contributed by atoms with Gasteiger partial charge >= 0.3 is 0 Å². The van der Waals surface area contributed by atoms with Crippen LogP contribution in [0.1, 0.15) is 39.2 Å². The highest BCUT2D eigenvalue weighted by molar-refractivity contribution is 6.30. The molecule has 0 aliphatic heterocycles. The Hall–Kier alpha value is -1.28. The topological polar surface area (TPSA) is 49.9 Å². The monoisotopic (exact) mass is 264 g/mol. The Kier molecular flexibility index (Phi) is 4.97. The second kappa shape index (κ2) is 6.05. The van der Waals surface area contributed by atoms with E-state index in [9.17, 15) is 0 Å². The van der Waals surface area contributed by atoms with Crippen molar-refractivity contribution in [3.8, 4) is 0 Å². The van der Waals surface area contributed by atoms with E-state index in [0.717, 1.165) is 21.9 Å². The number of hydrogen-bond donors (Lipinski definition) is 2. The fourth-order valence-electron chi connectivity index (χ4n) is 2.02. The summed E-state index contributed by atoms with van der Waals surface area (Å²) >= 11 is 5.89. The normalized spacial score (nSPS) is 14.3. The summed E-state index contributed by atoms with van der Waals surface area (Å²) in [6, 6.07) is 7.72. The SMILES string of the molecule is CC(=N)/C(=C(\N)C(C)C)C(C)c1ccc(Cl)cc1. The van der Waals surface area contributed by atoms with Crippen LogP contribution in [0.15, 0.2) is 35.5 Å². The van der Waals surface area contributed by atoms with Crippen molar-refractivity contribution in [2.24, 2.45) is 11.7 Å². The Labute approximate surface area is 114 Å². The summed E-state index contributed by atoms with van der Waals surface area (Å²) < 4.78 is 0. The molecule has 0 amide bonds. The number of hydrogen-bond acceptors (Lipinski definition) is 2. The van der Waals surface area contributed by atoms with E-state index in [2.05, 4.69) is 6.92 Å². The molecule has 1 aromatic carbocycles. The number of benzene rings is 1. The standard InChI is InChI=1S/C15H21ClN2/c1-9(2)15(18)14(11(4)17)10(3)12-5-7-13(16)8-6-12/h5-10,17H,18H2,1-4H3/b15-14-,17-11?. The van der Waals surface area contributed by atoms with E-state index in [0.29, 0.717) is 5.71 Å². The molecule has 0 radical (unpaired) electrons. The number of nitrogens with two attached hydrogens (primary N) is 1. The van der Waals surface area contributed by atoms with Gasteiger partial charge in [0, 0.05) is 22.3 Å². The fourth-order valence-corrected chi connectivity index (χ4v) is 2.15. The van der Waals surface area contributed by atoms with Crippen molar-refractivity contribution in [3.05, 3.63) is 46.1 Å². The molecule has 0 saturated heterocycles. The molecule has 0 saturated carbocycles. The first-order chi connectivity index (χ1) is 8.34. The van der Waals surface area contributed by atoms with Crippen molar-refractivity contribution in [1.29, 1.82) is 5.41 Å². The van der Waals surface area contributed by atoms with Gasteiger partial charge in [-0.2, -0.15) is 0 Å². The zero-order chi connectivity index (χ0) is 13.9. The van der Waals surface area contributed by atoms with E-state index in [1.165, 1.54) is 0 Å². The maximum absolute atomic E-state index is 7.93. The van der Waals surface area contributed by atoms with E-state index in [4.69, 9.17) is 22.7 Å². The van der Waals surface area contributed by atoms with Gasteiger partial charge < -0.3 is 11.1 Å². The molecule has 1 unspecified atom stereocenters. The molecule has 3 N–H and O–H groups in total. The van der Waals surface area contributed by atoms with Gasteiger partial charge in [-0.3, -0.25) is 0 Å². The van der Waals surface area contributed by atoms with Crippen LogP contribution in [0, 0.1) is 11.3 Å². The van der Waals surface area contributed by atoms with Crippen LogP contribution in [-0.2, 0) is 0 Å². The minimum atomic E-state index is 0.113. The van der Waals surface area contributed by atoms with E-state index in [1.54, 1.807) is 6.92 Å². The molecule has 0 bridgehead atoms. The van der Waals surface area contributed by atoms with Crippen molar-refractivity contribution in [1.82, 2.24) is 0 Å². The molecule has 0 fully saturated rings. The van der Waals surface area contributed by atoms with Gasteiger partial charge in [-0.05, 0) is 36.1 Å². The highest BCUT2D eigenvalue weighted by Gasteiger charge is 2.18. The first-order valence-electron chi connectivity index (χ1n) is 6.15. The lowest BCUT2D eigenvalue weighted by Crippen LogP contribution is -2.17. The molecule has 0 spiro atoms. The Bertz CT molecular complexity index is 458. The van der Waals surface area contributed by atoms with Gasteiger partial charge in [0.1, 0.15) is 0 Å². The molecular weight excluding hydrogens is 244 g/mol. The number of nitrogens with one attached hydrogen (secondary N) is 1. The lowest BCUT2D eigenvalue weighted by Gasteiger charge is -2.20. The number of rotatable bonds is 4. The average molecular weight is 265 g/mol. The van der Waals surface area contributed by atoms with Gasteiger partial charge in [0.05, 0.1) is 0 Å². The van der Waals surface area contributed by atoms with Crippen molar-refractivity contribution in [2.75, 3.05) is 0 Å². The van der Waals surface area contributed by atoms with Crippen LogP contribution in [0.4, 0.5) is 0 Å². The van der Waals surface area contributed by atoms with Crippen LogP contribution in [0.2, 0.25) is 5.02 Å². The van der Waals surface area contributed by atoms with Gasteiger partial charge in [0.2, 0.25) is 0 Å². The molecule has 98 valence electrons. The summed E-state index contributed by atoms with van der Waals surface area (Å²) in [4.78, 5) is 0. The van der Waals surface area contributed by atoms with Crippen molar-refractivity contribution < 1.29 is 0 Å². The molecule has 1 atom stereocenters. The van der Waals surface area contributed by atoms with Gasteiger partial charge in [-0.15, -0.1) is 0 Å². The summed E-state index contributed by atoms with van der Waals surface area (Å²) in [5, 5.41) is 8.66. The summed E-state index contributed by atoms with van der Waals surface area (Å²) in [7, 11) is 0. The van der Waals surface area contributed by atoms with E-state index < -0.39 is 0 Å². The zero-order valence-corrected chi connectivity index (χ0v) is 12.2. The third-order valence-corrected chi connectivity index (χ3v) is 3.39. The van der Waals surface area contributed by atoms with Gasteiger partial charge in [0.15, 0.2) is 0 Å². The first-order valence-corrected chi connectivity index (χ1v) is 6.53. The van der Waals surface area contributed by atoms with Crippen LogP contribution < -0.4 is 5.73 Å². The first kappa shape index (κ1) is 14.8. The molecular formula is C15H21ClN2. The molecule has 1 rings (SSSR count). The molecule has 0 aromatic heterocycles. The van der Waals surface area contributed by atoms with E-state index in [1.807, 2.05) is 38.1 Å². The Balaban J connectivity index is 3.20. The van der Waals surface area contributed by atoms with Crippen LogP contribution in [0.25, 0.3) is 0 Å². The Morgan fingerprint density at radius 2 is 1.67 bits per heavy atom. The van der Waals surface area contributed by atoms with Crippen LogP contribution in [0.5, 0.6) is 0 Å². The van der Waals surface area contributed by atoms with Crippen molar-refractivity contribution >= 4 is 17.3 Å². The zero-order valence-electron chi connectivity index (χ0n) is 11.4. The van der Waals surface area contributed by atoms with Gasteiger partial charge in [0.25, 0.3) is 0 Å². The van der Waals surface area contributed by atoms with Crippen LogP contribution >= 0.6 is 11.6 Å². The third-order valence-electron chi connectivity index (χ3n) is 3.14. The molecule has 18 heavy (non-hydrogen) atoms. The maximum atomic E-state index is 7.93. The van der Waals surface area contributed by atoms with E-state index >= 15 is 0 Å². The van der Waals surface area contributed by atoms with Crippen LogP contribution in [0.3, 0.4) is 0 Å². The number of allylic oxidation sites excluding steroid dienone is 2. The lowest BCUT2D eigenvalue weighted by molar-refractivity contribution is 0.731. The van der Waals surface area contributed by atoms with E-state index in [-0.39, 0.29) is 11.8 Å². The predicted octanol–water partition coefficient (Wildman–Crippen LogP) is 4.35. The van der Waals surface area contributed by atoms with Gasteiger partial charge in [-0.25, -0.2) is 0 Å². The summed E-state index contributed by atoms with van der Waals surface area (Å²) in [5.74, 6) is 0.359. The second-order valence-electron chi connectivity index (χ2n) is 4.92. The fraction of sp³-hybridized carbons (Fsp3) is 0.400. The summed E-state index contributed by atoms with van der Waals surface area (Å²) in [6.07, 6.45) is 0. The molecule has 0 aliphatic carbocycles. The minimum absolute atomic E-state index is 0.113. The average Bonchev–Trinajstić information content (AvgIpc) is 2.29. The minimum Gasteiger partial charge on any atom is -0.402 e. The summed E-state index contributed by atoms with van der Waals surface area (Å²) in [5.41, 5.74) is 9.52. The Morgan fingerprint density at radius 3 is 2.06 bits per heavy atom. The van der Waals surface area contributed by atoms with Gasteiger partial charge in [-0.1, -0.05) is 44.5 Å². The maximum Gasteiger partial charge on any atom is 0.0406 e. The van der Waals surface area contributed by atoms with Crippen LogP contribution in [-0.4, -0.2) is 5.71 Å². The van der Waals surface area contributed by atoms with Crippen molar-refractivity contribution in [3.63, 3.8) is 0 Å². The largest absolute Gasteiger partial charge is 0.402 e.